The number of thioether (sulfide) groups is 1. The van der Waals surface area contributed by atoms with Crippen molar-refractivity contribution in [3.63, 3.8) is 0 Å². The highest BCUT2D eigenvalue weighted by molar-refractivity contribution is 7.98. The largest absolute Gasteiger partial charge is 0.366 e. The summed E-state index contributed by atoms with van der Waals surface area (Å²) >= 11 is 1.73. The summed E-state index contributed by atoms with van der Waals surface area (Å²) in [6.07, 6.45) is 5.05. The number of aromatic amines is 1. The predicted molar refractivity (Wildman–Crippen MR) is 131 cm³/mol. The van der Waals surface area contributed by atoms with E-state index < -0.39 is 6.10 Å². The number of carbonyl (C=O) groups is 1. The van der Waals surface area contributed by atoms with Crippen LogP contribution in [0.2, 0.25) is 0 Å². The summed E-state index contributed by atoms with van der Waals surface area (Å²) in [4.78, 5) is 20.6. The van der Waals surface area contributed by atoms with Gasteiger partial charge in [0.05, 0.1) is 12.1 Å². The number of ether oxygens (including phenoxy) is 1. The Kier molecular flexibility index (Phi) is 6.39. The van der Waals surface area contributed by atoms with Crippen LogP contribution < -0.4 is 5.32 Å². The molecule has 1 saturated heterocycles. The molecule has 8 heteroatoms. The Morgan fingerprint density at radius 1 is 1.18 bits per heavy atom. The first-order valence-corrected chi connectivity index (χ1v) is 12.1. The monoisotopic (exact) mass is 459 g/mol. The van der Waals surface area contributed by atoms with Crippen LogP contribution in [0.15, 0.2) is 71.9 Å². The van der Waals surface area contributed by atoms with Gasteiger partial charge >= 0.3 is 0 Å². The maximum atomic E-state index is 13.0. The number of pyridine rings is 1. The van der Waals surface area contributed by atoms with Gasteiger partial charge in [0, 0.05) is 53.6 Å². The average Bonchev–Trinajstić information content (AvgIpc) is 3.28. The molecule has 0 saturated carbocycles. The first-order chi connectivity index (χ1) is 16.2. The Hall–Kier alpha value is -3.20. The number of morpholine rings is 1. The first-order valence-electron chi connectivity index (χ1n) is 10.9. The Morgan fingerprint density at radius 3 is 2.79 bits per heavy atom. The van der Waals surface area contributed by atoms with Gasteiger partial charge in [-0.3, -0.25) is 19.8 Å². The SMILES string of the molecule is CSc1ccc(CN2CCOC(C(=O)Nc3ccc4[nH]nc(-c5ccncc5)c4c3)C2)cc1. The van der Waals surface area contributed by atoms with Gasteiger partial charge in [-0.05, 0) is 54.3 Å². The van der Waals surface area contributed by atoms with E-state index in [0.717, 1.165) is 40.9 Å². The molecule has 1 unspecified atom stereocenters. The fraction of sp³-hybridized carbons (Fsp3) is 0.240. The summed E-state index contributed by atoms with van der Waals surface area (Å²) < 4.78 is 5.80. The number of fused-ring (bicyclic) bond motifs is 1. The number of aromatic nitrogens is 3. The van der Waals surface area contributed by atoms with Crippen molar-refractivity contribution in [1.29, 1.82) is 0 Å². The number of carbonyl (C=O) groups excluding carboxylic acids is 1. The van der Waals surface area contributed by atoms with E-state index in [1.54, 1.807) is 24.2 Å². The van der Waals surface area contributed by atoms with Crippen LogP contribution in [-0.2, 0) is 16.1 Å². The van der Waals surface area contributed by atoms with Gasteiger partial charge in [-0.15, -0.1) is 11.8 Å². The maximum Gasteiger partial charge on any atom is 0.254 e. The molecule has 4 aromatic rings. The standard InChI is InChI=1S/C25H25N5O2S/c1-33-20-5-2-17(3-6-20)15-30-12-13-32-23(16-30)25(31)27-19-4-7-22-21(14-19)24(29-28-22)18-8-10-26-11-9-18/h2-11,14,23H,12-13,15-16H2,1H3,(H,27,31)(H,28,29). The molecular formula is C25H25N5O2S. The van der Waals surface area contributed by atoms with E-state index in [1.807, 2.05) is 30.3 Å². The molecule has 1 aliphatic rings. The van der Waals surface area contributed by atoms with Crippen LogP contribution in [0.5, 0.6) is 0 Å². The van der Waals surface area contributed by atoms with E-state index in [9.17, 15) is 4.79 Å². The lowest BCUT2D eigenvalue weighted by Gasteiger charge is -2.32. The molecule has 7 nitrogen and oxygen atoms in total. The number of amides is 1. The van der Waals surface area contributed by atoms with Gasteiger partial charge in [0.2, 0.25) is 0 Å². The van der Waals surface area contributed by atoms with E-state index in [0.29, 0.717) is 13.2 Å². The number of anilines is 1. The van der Waals surface area contributed by atoms with Crippen LogP contribution in [0.1, 0.15) is 5.56 Å². The van der Waals surface area contributed by atoms with Gasteiger partial charge in [0.15, 0.2) is 0 Å². The number of rotatable bonds is 6. The molecule has 3 heterocycles. The van der Waals surface area contributed by atoms with E-state index in [-0.39, 0.29) is 5.91 Å². The molecule has 1 amide bonds. The molecule has 0 radical (unpaired) electrons. The van der Waals surface area contributed by atoms with E-state index in [1.165, 1.54) is 10.5 Å². The summed E-state index contributed by atoms with van der Waals surface area (Å²) in [7, 11) is 0. The quantitative estimate of drug-likeness (QED) is 0.421. The molecule has 0 spiro atoms. The summed E-state index contributed by atoms with van der Waals surface area (Å²) in [5.74, 6) is -0.134. The molecule has 1 atom stereocenters. The molecular weight excluding hydrogens is 434 g/mol. The second-order valence-electron chi connectivity index (χ2n) is 8.00. The lowest BCUT2D eigenvalue weighted by molar-refractivity contribution is -0.133. The van der Waals surface area contributed by atoms with Crippen LogP contribution in [-0.4, -0.2) is 58.0 Å². The summed E-state index contributed by atoms with van der Waals surface area (Å²) in [6, 6.07) is 18.2. The van der Waals surface area contributed by atoms with Crippen LogP contribution in [0.25, 0.3) is 22.2 Å². The number of benzene rings is 2. The fourth-order valence-electron chi connectivity index (χ4n) is 4.04. The molecule has 0 bridgehead atoms. The molecule has 2 aromatic heterocycles. The molecule has 2 aromatic carbocycles. The third kappa shape index (κ3) is 4.93. The van der Waals surface area contributed by atoms with Crippen molar-refractivity contribution in [3.05, 3.63) is 72.6 Å². The molecule has 2 N–H and O–H groups in total. The third-order valence-corrected chi connectivity index (χ3v) is 6.54. The van der Waals surface area contributed by atoms with Crippen LogP contribution >= 0.6 is 11.8 Å². The second kappa shape index (κ2) is 9.74. The summed E-state index contributed by atoms with van der Waals surface area (Å²) in [5.41, 5.74) is 4.67. The lowest BCUT2D eigenvalue weighted by Crippen LogP contribution is -2.47. The van der Waals surface area contributed by atoms with Crippen molar-refractivity contribution in [1.82, 2.24) is 20.1 Å². The van der Waals surface area contributed by atoms with Crippen molar-refractivity contribution in [2.45, 2.75) is 17.5 Å². The van der Waals surface area contributed by atoms with Crippen molar-refractivity contribution >= 4 is 34.3 Å². The van der Waals surface area contributed by atoms with Crippen molar-refractivity contribution in [2.24, 2.45) is 0 Å². The molecule has 5 rings (SSSR count). The Labute approximate surface area is 196 Å². The molecule has 33 heavy (non-hydrogen) atoms. The Bertz CT molecular complexity index is 1240. The maximum absolute atomic E-state index is 13.0. The van der Waals surface area contributed by atoms with E-state index >= 15 is 0 Å². The number of hydrogen-bond acceptors (Lipinski definition) is 6. The Morgan fingerprint density at radius 2 is 2.00 bits per heavy atom. The zero-order valence-corrected chi connectivity index (χ0v) is 19.1. The van der Waals surface area contributed by atoms with E-state index in [4.69, 9.17) is 4.74 Å². The third-order valence-electron chi connectivity index (χ3n) is 5.79. The van der Waals surface area contributed by atoms with Crippen LogP contribution in [0, 0.1) is 0 Å². The average molecular weight is 460 g/mol. The van der Waals surface area contributed by atoms with Crippen molar-refractivity contribution in [3.8, 4) is 11.3 Å². The van der Waals surface area contributed by atoms with Crippen molar-refractivity contribution in [2.75, 3.05) is 31.3 Å². The number of hydrogen-bond donors (Lipinski definition) is 2. The van der Waals surface area contributed by atoms with Gasteiger partial charge in [-0.2, -0.15) is 5.10 Å². The number of H-pyrrole nitrogens is 1. The second-order valence-corrected chi connectivity index (χ2v) is 8.88. The summed E-state index contributed by atoms with van der Waals surface area (Å²) in [6.45, 7) is 2.71. The summed E-state index contributed by atoms with van der Waals surface area (Å²) in [5, 5.41) is 11.5. The molecule has 0 aliphatic carbocycles. The zero-order chi connectivity index (χ0) is 22.6. The lowest BCUT2D eigenvalue weighted by atomic mass is 10.1. The minimum Gasteiger partial charge on any atom is -0.366 e. The minimum atomic E-state index is -0.510. The molecule has 1 aliphatic heterocycles. The molecule has 168 valence electrons. The van der Waals surface area contributed by atoms with Gasteiger partial charge in [-0.25, -0.2) is 0 Å². The van der Waals surface area contributed by atoms with Crippen LogP contribution in [0.3, 0.4) is 0 Å². The highest BCUT2D eigenvalue weighted by atomic mass is 32.2. The minimum absolute atomic E-state index is 0.134. The topological polar surface area (TPSA) is 83.1 Å². The number of nitrogens with one attached hydrogen (secondary N) is 2. The van der Waals surface area contributed by atoms with Crippen molar-refractivity contribution < 1.29 is 9.53 Å². The highest BCUT2D eigenvalue weighted by Crippen LogP contribution is 2.28. The van der Waals surface area contributed by atoms with Gasteiger partial charge in [-0.1, -0.05) is 12.1 Å². The van der Waals surface area contributed by atoms with Crippen LogP contribution in [0.4, 0.5) is 5.69 Å². The normalized spacial score (nSPS) is 16.7. The smallest absolute Gasteiger partial charge is 0.254 e. The highest BCUT2D eigenvalue weighted by Gasteiger charge is 2.27. The Balaban J connectivity index is 1.26. The van der Waals surface area contributed by atoms with Gasteiger partial charge in [0.25, 0.3) is 5.91 Å². The molecule has 1 fully saturated rings. The number of nitrogens with zero attached hydrogens (tertiary/aromatic N) is 3. The fourth-order valence-corrected chi connectivity index (χ4v) is 4.45. The predicted octanol–water partition coefficient (Wildman–Crippen LogP) is 4.19. The zero-order valence-electron chi connectivity index (χ0n) is 18.3. The van der Waals surface area contributed by atoms with E-state index in [2.05, 4.69) is 55.9 Å². The van der Waals surface area contributed by atoms with Gasteiger partial charge < -0.3 is 10.1 Å². The first kappa shape index (κ1) is 21.6. The van der Waals surface area contributed by atoms with Gasteiger partial charge in [0.1, 0.15) is 11.8 Å².